The van der Waals surface area contributed by atoms with Gasteiger partial charge >= 0.3 is 0 Å². The molecule has 0 unspecified atom stereocenters. The van der Waals surface area contributed by atoms with E-state index in [0.29, 0.717) is 11.4 Å². The highest BCUT2D eigenvalue weighted by Gasteiger charge is 2.13. The van der Waals surface area contributed by atoms with Gasteiger partial charge in [-0.05, 0) is 38.3 Å². The molecule has 1 aliphatic carbocycles. The normalized spacial score (nSPS) is 15.3. The molecule has 25 heavy (non-hydrogen) atoms. The van der Waals surface area contributed by atoms with Crippen LogP contribution < -0.4 is 5.32 Å². The molecule has 1 heterocycles. The number of aromatic nitrogens is 1. The van der Waals surface area contributed by atoms with Crippen LogP contribution in [0.3, 0.4) is 0 Å². The number of nitrogens with one attached hydrogen (secondary N) is 1. The minimum atomic E-state index is -0.0641. The molecule has 1 amide bonds. The first-order valence-corrected chi connectivity index (χ1v) is 9.80. The fraction of sp³-hybridized carbons (Fsp3) is 0.700. The monoisotopic (exact) mass is 344 g/mol. The molecule has 5 heteroatoms. The summed E-state index contributed by atoms with van der Waals surface area (Å²) in [6.45, 7) is 4.65. The van der Waals surface area contributed by atoms with Crippen LogP contribution in [0.2, 0.25) is 0 Å². The van der Waals surface area contributed by atoms with E-state index < -0.39 is 0 Å². The second-order valence-corrected chi connectivity index (χ2v) is 7.32. The van der Waals surface area contributed by atoms with E-state index in [-0.39, 0.29) is 11.9 Å². The van der Waals surface area contributed by atoms with Gasteiger partial charge in [-0.1, -0.05) is 51.4 Å². The number of hydrogen-bond acceptors (Lipinski definition) is 4. The van der Waals surface area contributed by atoms with E-state index in [1.165, 1.54) is 51.4 Å². The van der Waals surface area contributed by atoms with Crippen LogP contribution in [0.4, 0.5) is 5.82 Å². The van der Waals surface area contributed by atoms with Crippen molar-refractivity contribution in [3.63, 3.8) is 0 Å². The molecular weight excluding hydrogens is 312 g/mol. The Morgan fingerprint density at radius 3 is 2.64 bits per heavy atom. The summed E-state index contributed by atoms with van der Waals surface area (Å²) in [6.07, 6.45) is 13.6. The predicted molar refractivity (Wildman–Crippen MR) is 101 cm³/mol. The van der Waals surface area contributed by atoms with Crippen LogP contribution in [0.5, 0.6) is 0 Å². The van der Waals surface area contributed by atoms with Gasteiger partial charge in [-0.3, -0.25) is 4.79 Å². The van der Waals surface area contributed by atoms with Crippen LogP contribution >= 0.6 is 0 Å². The molecule has 1 aliphatic rings. The van der Waals surface area contributed by atoms with E-state index in [0.717, 1.165) is 18.9 Å². The fourth-order valence-electron chi connectivity index (χ4n) is 3.27. The quantitative estimate of drug-likeness (QED) is 0.453. The smallest absolute Gasteiger partial charge is 0.252 e. The van der Waals surface area contributed by atoms with Gasteiger partial charge in [-0.15, -0.1) is 5.11 Å². The maximum Gasteiger partial charge on any atom is 0.252 e. The van der Waals surface area contributed by atoms with Gasteiger partial charge in [0.05, 0.1) is 11.6 Å². The van der Waals surface area contributed by atoms with Crippen molar-refractivity contribution in [3.05, 3.63) is 23.9 Å². The maximum atomic E-state index is 12.1. The Balaban J connectivity index is 1.56. The summed E-state index contributed by atoms with van der Waals surface area (Å²) in [5, 5.41) is 11.0. The standard InChI is InChI=1S/C20H32N4O/c1-16(2)23-24-19-13-12-18(15-22-19)20(25)21-14-8-4-3-5-9-17-10-6-7-11-17/h12-13,15-17H,3-11,14H2,1-2H3,(H,21,25). The third kappa shape index (κ3) is 7.76. The summed E-state index contributed by atoms with van der Waals surface area (Å²) < 4.78 is 0. The molecular formula is C20H32N4O. The second kappa shape index (κ2) is 11.0. The van der Waals surface area contributed by atoms with Crippen LogP contribution in [0, 0.1) is 5.92 Å². The van der Waals surface area contributed by atoms with Gasteiger partial charge in [0.1, 0.15) is 0 Å². The highest BCUT2D eigenvalue weighted by molar-refractivity contribution is 5.93. The SMILES string of the molecule is CC(C)N=Nc1ccc(C(=O)NCCCCCCC2CCCC2)cn1. The van der Waals surface area contributed by atoms with Gasteiger partial charge in [-0.25, -0.2) is 4.98 Å². The largest absolute Gasteiger partial charge is 0.352 e. The number of nitrogens with zero attached hydrogens (tertiary/aromatic N) is 3. The highest BCUT2D eigenvalue weighted by Crippen LogP contribution is 2.29. The molecule has 1 fully saturated rings. The third-order valence-electron chi connectivity index (χ3n) is 4.70. The molecule has 0 atom stereocenters. The van der Waals surface area contributed by atoms with Crippen LogP contribution in [0.25, 0.3) is 0 Å². The molecule has 2 rings (SSSR count). The van der Waals surface area contributed by atoms with E-state index in [1.54, 1.807) is 18.3 Å². The summed E-state index contributed by atoms with van der Waals surface area (Å²) in [7, 11) is 0. The molecule has 1 aromatic rings. The summed E-state index contributed by atoms with van der Waals surface area (Å²) in [4.78, 5) is 16.2. The van der Waals surface area contributed by atoms with Gasteiger partial charge in [0.15, 0.2) is 5.82 Å². The molecule has 138 valence electrons. The predicted octanol–water partition coefficient (Wildman–Crippen LogP) is 5.44. The minimum Gasteiger partial charge on any atom is -0.352 e. The molecule has 0 radical (unpaired) electrons. The fourth-order valence-corrected chi connectivity index (χ4v) is 3.27. The van der Waals surface area contributed by atoms with Crippen molar-refractivity contribution >= 4 is 11.7 Å². The number of unbranched alkanes of at least 4 members (excludes halogenated alkanes) is 3. The second-order valence-electron chi connectivity index (χ2n) is 7.32. The zero-order valence-electron chi connectivity index (χ0n) is 15.7. The van der Waals surface area contributed by atoms with Gasteiger partial charge in [0.2, 0.25) is 0 Å². The molecule has 1 aromatic heterocycles. The van der Waals surface area contributed by atoms with Crippen molar-refractivity contribution in [1.82, 2.24) is 10.3 Å². The Hall–Kier alpha value is -1.78. The first kappa shape index (κ1) is 19.5. The van der Waals surface area contributed by atoms with Gasteiger partial charge in [0.25, 0.3) is 5.91 Å². The van der Waals surface area contributed by atoms with Gasteiger partial charge in [0, 0.05) is 12.7 Å². The Kier molecular flexibility index (Phi) is 8.56. The van der Waals surface area contributed by atoms with Crippen LogP contribution in [0.15, 0.2) is 28.6 Å². The number of pyridine rings is 1. The molecule has 1 saturated carbocycles. The third-order valence-corrected chi connectivity index (χ3v) is 4.70. The molecule has 0 saturated heterocycles. The number of amides is 1. The Morgan fingerprint density at radius 1 is 1.20 bits per heavy atom. The summed E-state index contributed by atoms with van der Waals surface area (Å²) in [6, 6.07) is 3.62. The zero-order chi connectivity index (χ0) is 17.9. The lowest BCUT2D eigenvalue weighted by Crippen LogP contribution is -2.24. The Labute approximate surface area is 151 Å². The number of rotatable bonds is 10. The lowest BCUT2D eigenvalue weighted by atomic mass is 9.99. The summed E-state index contributed by atoms with van der Waals surface area (Å²) >= 11 is 0. The van der Waals surface area contributed by atoms with E-state index in [9.17, 15) is 4.79 Å². The average Bonchev–Trinajstić information content (AvgIpc) is 3.13. The van der Waals surface area contributed by atoms with Crippen LogP contribution in [0.1, 0.15) is 82.0 Å². The molecule has 0 aromatic carbocycles. The van der Waals surface area contributed by atoms with E-state index in [2.05, 4.69) is 20.5 Å². The first-order valence-electron chi connectivity index (χ1n) is 9.80. The maximum absolute atomic E-state index is 12.1. The molecule has 0 spiro atoms. The molecule has 5 nitrogen and oxygen atoms in total. The molecule has 0 bridgehead atoms. The summed E-state index contributed by atoms with van der Waals surface area (Å²) in [5.74, 6) is 1.47. The number of azo groups is 1. The van der Waals surface area contributed by atoms with Gasteiger partial charge < -0.3 is 5.32 Å². The number of carbonyl (C=O) groups is 1. The van der Waals surface area contributed by atoms with Crippen molar-refractivity contribution in [3.8, 4) is 0 Å². The number of hydrogen-bond donors (Lipinski definition) is 1. The van der Waals surface area contributed by atoms with E-state index in [4.69, 9.17) is 0 Å². The van der Waals surface area contributed by atoms with Crippen molar-refractivity contribution in [1.29, 1.82) is 0 Å². The Bertz CT molecular complexity index is 533. The highest BCUT2D eigenvalue weighted by atomic mass is 16.1. The van der Waals surface area contributed by atoms with Gasteiger partial charge in [-0.2, -0.15) is 5.11 Å². The van der Waals surface area contributed by atoms with Crippen molar-refractivity contribution in [2.24, 2.45) is 16.1 Å². The molecule has 0 aliphatic heterocycles. The zero-order valence-corrected chi connectivity index (χ0v) is 15.7. The Morgan fingerprint density at radius 2 is 1.96 bits per heavy atom. The lowest BCUT2D eigenvalue weighted by molar-refractivity contribution is 0.0952. The molecule has 1 N–H and O–H groups in total. The lowest BCUT2D eigenvalue weighted by Gasteiger charge is -2.08. The number of carbonyl (C=O) groups excluding carboxylic acids is 1. The first-order chi connectivity index (χ1) is 12.1. The van der Waals surface area contributed by atoms with Crippen molar-refractivity contribution in [2.75, 3.05) is 6.54 Å². The van der Waals surface area contributed by atoms with Crippen molar-refractivity contribution < 1.29 is 4.79 Å². The van der Waals surface area contributed by atoms with Crippen LogP contribution in [-0.4, -0.2) is 23.5 Å². The average molecular weight is 345 g/mol. The van der Waals surface area contributed by atoms with Crippen molar-refractivity contribution in [2.45, 2.75) is 77.7 Å². The van der Waals surface area contributed by atoms with E-state index in [1.807, 2.05) is 13.8 Å². The van der Waals surface area contributed by atoms with E-state index >= 15 is 0 Å². The topological polar surface area (TPSA) is 66.7 Å². The van der Waals surface area contributed by atoms with Crippen LogP contribution in [-0.2, 0) is 0 Å². The summed E-state index contributed by atoms with van der Waals surface area (Å²) in [5.41, 5.74) is 0.574. The minimum absolute atomic E-state index is 0.0641.